The van der Waals surface area contributed by atoms with Gasteiger partial charge in [0, 0.05) is 25.7 Å². The van der Waals surface area contributed by atoms with Crippen LogP contribution in [0.2, 0.25) is 5.28 Å². The molecule has 0 saturated carbocycles. The average molecular weight is 469 g/mol. The zero-order valence-corrected chi connectivity index (χ0v) is 18.8. The molecule has 0 spiro atoms. The van der Waals surface area contributed by atoms with Crippen molar-refractivity contribution in [2.75, 3.05) is 24.5 Å². The number of aromatic nitrogens is 4. The highest BCUT2D eigenvalue weighted by atomic mass is 35.5. The van der Waals surface area contributed by atoms with Crippen LogP contribution >= 0.6 is 11.6 Å². The third kappa shape index (κ3) is 4.28. The Hall–Kier alpha value is -3.10. The number of fused-ring (bicyclic) bond motifs is 1. The Bertz CT molecular complexity index is 1200. The smallest absolute Gasteiger partial charge is 0.226 e. The van der Waals surface area contributed by atoms with Crippen LogP contribution in [0.15, 0.2) is 54.9 Å². The second-order valence-electron chi connectivity index (χ2n) is 8.17. The van der Waals surface area contributed by atoms with Crippen LogP contribution in [0.4, 0.5) is 14.6 Å². The first-order valence-electron chi connectivity index (χ1n) is 10.9. The zero-order valence-electron chi connectivity index (χ0n) is 18.0. The van der Waals surface area contributed by atoms with Crippen LogP contribution in [-0.4, -0.2) is 50.5 Å². The monoisotopic (exact) mass is 468 g/mol. The highest BCUT2D eigenvalue weighted by molar-refractivity contribution is 6.28. The molecule has 0 amide bonds. The molecule has 0 aliphatic carbocycles. The predicted molar refractivity (Wildman–Crippen MR) is 124 cm³/mol. The molecule has 1 saturated heterocycles. The lowest BCUT2D eigenvalue weighted by molar-refractivity contribution is 0.180. The fourth-order valence-corrected chi connectivity index (χ4v) is 4.81. The van der Waals surface area contributed by atoms with Crippen molar-refractivity contribution in [3.05, 3.63) is 82.9 Å². The summed E-state index contributed by atoms with van der Waals surface area (Å²) in [7, 11) is 0. The van der Waals surface area contributed by atoms with Crippen molar-refractivity contribution in [3.63, 3.8) is 0 Å². The molecule has 33 heavy (non-hydrogen) atoms. The summed E-state index contributed by atoms with van der Waals surface area (Å²) in [6.45, 7) is 4.32. The van der Waals surface area contributed by atoms with E-state index in [0.717, 1.165) is 42.0 Å². The van der Waals surface area contributed by atoms with Crippen molar-refractivity contribution in [3.8, 4) is 0 Å². The highest BCUT2D eigenvalue weighted by Gasteiger charge is 2.33. The number of hydrogen-bond acceptors (Lipinski definition) is 5. The lowest BCUT2D eigenvalue weighted by Gasteiger charge is -2.45. The fraction of sp³-hybridized carbons (Fsp3) is 0.292. The minimum atomic E-state index is -0.280. The SMILES string of the molecule is CCC1CN(C(c2ccc(F)cc2)c2ccc(F)cc2)CCN1c1nc(Cl)nc2nc[nH]c12. The maximum atomic E-state index is 13.6. The maximum absolute atomic E-state index is 13.6. The summed E-state index contributed by atoms with van der Waals surface area (Å²) in [5.41, 5.74) is 3.23. The van der Waals surface area contributed by atoms with Crippen molar-refractivity contribution >= 4 is 28.6 Å². The van der Waals surface area contributed by atoms with Gasteiger partial charge in [-0.3, -0.25) is 4.90 Å². The number of nitrogens with zero attached hydrogens (tertiary/aromatic N) is 5. The minimum Gasteiger partial charge on any atom is -0.349 e. The van der Waals surface area contributed by atoms with E-state index < -0.39 is 0 Å². The number of nitrogens with one attached hydrogen (secondary N) is 1. The molecule has 1 aliphatic rings. The van der Waals surface area contributed by atoms with Crippen molar-refractivity contribution < 1.29 is 8.78 Å². The summed E-state index contributed by atoms with van der Waals surface area (Å²) in [5.74, 6) is 0.184. The van der Waals surface area contributed by atoms with Gasteiger partial charge in [0.05, 0.1) is 12.4 Å². The molecule has 0 radical (unpaired) electrons. The maximum Gasteiger partial charge on any atom is 0.226 e. The minimum absolute atomic E-state index is 0.122. The van der Waals surface area contributed by atoms with E-state index in [1.165, 1.54) is 24.3 Å². The van der Waals surface area contributed by atoms with Gasteiger partial charge in [0.1, 0.15) is 17.2 Å². The molecular formula is C24H23ClF2N6. The van der Waals surface area contributed by atoms with E-state index in [1.54, 1.807) is 30.6 Å². The number of rotatable bonds is 5. The summed E-state index contributed by atoms with van der Waals surface area (Å²) in [5, 5.41) is 0.164. The molecule has 9 heteroatoms. The van der Waals surface area contributed by atoms with Crippen LogP contribution in [-0.2, 0) is 0 Å². The predicted octanol–water partition coefficient (Wildman–Crippen LogP) is 4.97. The van der Waals surface area contributed by atoms with E-state index in [0.29, 0.717) is 12.2 Å². The molecule has 4 aromatic rings. The number of halogens is 3. The van der Waals surface area contributed by atoms with Gasteiger partial charge in [-0.25, -0.2) is 13.8 Å². The van der Waals surface area contributed by atoms with Crippen LogP contribution in [0, 0.1) is 11.6 Å². The Kier molecular flexibility index (Phi) is 5.95. The van der Waals surface area contributed by atoms with Crippen LogP contribution in [0.3, 0.4) is 0 Å². The lowest BCUT2D eigenvalue weighted by atomic mass is 9.95. The zero-order chi connectivity index (χ0) is 22.9. The van der Waals surface area contributed by atoms with Gasteiger partial charge in [0.2, 0.25) is 5.28 Å². The molecular weight excluding hydrogens is 446 g/mol. The van der Waals surface area contributed by atoms with Crippen LogP contribution in [0.25, 0.3) is 11.2 Å². The van der Waals surface area contributed by atoms with E-state index in [9.17, 15) is 8.78 Å². The molecule has 5 rings (SSSR count). The third-order valence-corrected chi connectivity index (χ3v) is 6.40. The number of piperazine rings is 1. The average Bonchev–Trinajstić information content (AvgIpc) is 3.29. The van der Waals surface area contributed by atoms with Crippen LogP contribution < -0.4 is 4.90 Å². The topological polar surface area (TPSA) is 60.9 Å². The van der Waals surface area contributed by atoms with Crippen molar-refractivity contribution in [2.24, 2.45) is 0 Å². The summed E-state index contributed by atoms with van der Waals surface area (Å²) < 4.78 is 27.3. The second-order valence-corrected chi connectivity index (χ2v) is 8.51. The standard InChI is InChI=1S/C24H23ClF2N6/c1-2-19-13-32(11-12-33(19)23-20-22(29-14-28-20)30-24(25)31-23)21(15-3-7-17(26)8-4-15)16-5-9-18(27)10-6-16/h3-10,14,19,21H,2,11-13H2,1H3,(H,28,29,30,31). The molecule has 1 aliphatic heterocycles. The lowest BCUT2D eigenvalue weighted by Crippen LogP contribution is -2.54. The van der Waals surface area contributed by atoms with Gasteiger partial charge in [0.15, 0.2) is 11.5 Å². The Labute approximate surface area is 195 Å². The molecule has 170 valence electrons. The normalized spacial score (nSPS) is 17.2. The molecule has 3 heterocycles. The van der Waals surface area contributed by atoms with E-state index in [2.05, 4.69) is 36.7 Å². The molecule has 6 nitrogen and oxygen atoms in total. The number of imidazole rings is 1. The Morgan fingerprint density at radius 3 is 2.24 bits per heavy atom. The number of aromatic amines is 1. The molecule has 2 aromatic carbocycles. The van der Waals surface area contributed by atoms with Crippen molar-refractivity contribution in [1.29, 1.82) is 0 Å². The van der Waals surface area contributed by atoms with Gasteiger partial charge in [-0.1, -0.05) is 31.2 Å². The van der Waals surface area contributed by atoms with E-state index in [1.807, 2.05) is 0 Å². The quantitative estimate of drug-likeness (QED) is 0.419. The number of anilines is 1. The van der Waals surface area contributed by atoms with Gasteiger partial charge in [-0.2, -0.15) is 9.97 Å². The van der Waals surface area contributed by atoms with Gasteiger partial charge in [-0.05, 0) is 53.4 Å². The molecule has 1 unspecified atom stereocenters. The summed E-state index contributed by atoms with van der Waals surface area (Å²) >= 11 is 6.18. The Morgan fingerprint density at radius 2 is 1.64 bits per heavy atom. The van der Waals surface area contributed by atoms with Gasteiger partial charge in [-0.15, -0.1) is 0 Å². The van der Waals surface area contributed by atoms with Gasteiger partial charge < -0.3 is 9.88 Å². The number of H-pyrrole nitrogens is 1. The fourth-order valence-electron chi connectivity index (χ4n) is 4.65. The number of benzene rings is 2. The molecule has 1 atom stereocenters. The highest BCUT2D eigenvalue weighted by Crippen LogP contribution is 2.34. The molecule has 1 N–H and O–H groups in total. The largest absolute Gasteiger partial charge is 0.349 e. The first-order chi connectivity index (χ1) is 16.0. The Morgan fingerprint density at radius 1 is 1.00 bits per heavy atom. The van der Waals surface area contributed by atoms with E-state index in [4.69, 9.17) is 11.6 Å². The molecule has 0 bridgehead atoms. The van der Waals surface area contributed by atoms with Crippen LogP contribution in [0.5, 0.6) is 0 Å². The Balaban J connectivity index is 1.49. The summed E-state index contributed by atoms with van der Waals surface area (Å²) in [6, 6.07) is 13.1. The van der Waals surface area contributed by atoms with Gasteiger partial charge >= 0.3 is 0 Å². The van der Waals surface area contributed by atoms with Crippen molar-refractivity contribution in [2.45, 2.75) is 25.4 Å². The van der Waals surface area contributed by atoms with Gasteiger partial charge in [0.25, 0.3) is 0 Å². The molecule has 1 fully saturated rings. The number of hydrogen-bond donors (Lipinski definition) is 1. The summed E-state index contributed by atoms with van der Waals surface area (Å²) in [6.07, 6.45) is 2.47. The van der Waals surface area contributed by atoms with Crippen molar-refractivity contribution in [1.82, 2.24) is 24.8 Å². The summed E-state index contributed by atoms with van der Waals surface area (Å²) in [4.78, 5) is 20.7. The first kappa shape index (κ1) is 21.7. The van der Waals surface area contributed by atoms with Crippen LogP contribution in [0.1, 0.15) is 30.5 Å². The first-order valence-corrected chi connectivity index (χ1v) is 11.3. The molecule has 2 aromatic heterocycles. The van der Waals surface area contributed by atoms with E-state index >= 15 is 0 Å². The third-order valence-electron chi connectivity index (χ3n) is 6.23. The van der Waals surface area contributed by atoms with E-state index in [-0.39, 0.29) is 29.0 Å². The second kappa shape index (κ2) is 9.03.